The first-order chi connectivity index (χ1) is 10.5. The number of halogens is 1. The number of amides is 1. The minimum Gasteiger partial charge on any atom is -0.465 e. The second-order valence-electron chi connectivity index (χ2n) is 5.01. The molecule has 4 nitrogen and oxygen atoms in total. The third-order valence-electron chi connectivity index (χ3n) is 3.22. The van der Waals surface area contributed by atoms with Crippen LogP contribution in [0.15, 0.2) is 48.5 Å². The molecule has 0 aromatic heterocycles. The number of rotatable bonds is 6. The number of hydrogen-bond donors (Lipinski definition) is 1. The summed E-state index contributed by atoms with van der Waals surface area (Å²) in [4.78, 5) is 12.0. The van der Waals surface area contributed by atoms with E-state index in [1.807, 2.05) is 48.5 Å². The average Bonchev–Trinajstić information content (AvgIpc) is 2.47. The summed E-state index contributed by atoms with van der Waals surface area (Å²) in [6, 6.07) is 15.8. The van der Waals surface area contributed by atoms with Crippen molar-refractivity contribution in [3.63, 3.8) is 0 Å². The lowest BCUT2D eigenvalue weighted by molar-refractivity contribution is 0.155. The Morgan fingerprint density at radius 2 is 1.86 bits per heavy atom. The Morgan fingerprint density at radius 3 is 2.55 bits per heavy atom. The Labute approximate surface area is 143 Å². The van der Waals surface area contributed by atoms with Crippen molar-refractivity contribution in [2.24, 2.45) is 0 Å². The molecule has 0 saturated carbocycles. The van der Waals surface area contributed by atoms with Crippen molar-refractivity contribution < 1.29 is 14.6 Å². The van der Waals surface area contributed by atoms with Crippen LogP contribution in [0.5, 0.6) is 11.5 Å². The number of benzene rings is 2. The maximum Gasteiger partial charge on any atom is 0.407 e. The van der Waals surface area contributed by atoms with Crippen molar-refractivity contribution in [1.82, 2.24) is 4.90 Å². The van der Waals surface area contributed by atoms with Gasteiger partial charge in [-0.1, -0.05) is 18.2 Å². The van der Waals surface area contributed by atoms with Crippen molar-refractivity contribution in [2.45, 2.75) is 12.8 Å². The second-order valence-corrected chi connectivity index (χ2v) is 6.26. The Kier molecular flexibility index (Phi) is 6.06. The van der Waals surface area contributed by atoms with E-state index in [0.29, 0.717) is 6.54 Å². The van der Waals surface area contributed by atoms with E-state index >= 15 is 0 Å². The van der Waals surface area contributed by atoms with Gasteiger partial charge < -0.3 is 14.7 Å². The van der Waals surface area contributed by atoms with Crippen LogP contribution < -0.4 is 4.74 Å². The summed E-state index contributed by atoms with van der Waals surface area (Å²) in [6.07, 6.45) is 0.715. The van der Waals surface area contributed by atoms with Crippen molar-refractivity contribution >= 4 is 28.7 Å². The van der Waals surface area contributed by atoms with Gasteiger partial charge in [-0.05, 0) is 71.3 Å². The van der Waals surface area contributed by atoms with Crippen molar-refractivity contribution in [1.29, 1.82) is 0 Å². The molecule has 116 valence electrons. The highest BCUT2D eigenvalue weighted by Crippen LogP contribution is 2.24. The highest BCUT2D eigenvalue weighted by Gasteiger charge is 2.05. The monoisotopic (exact) mass is 411 g/mol. The van der Waals surface area contributed by atoms with Crippen LogP contribution in [-0.4, -0.2) is 29.7 Å². The first-order valence-electron chi connectivity index (χ1n) is 7.01. The summed E-state index contributed by atoms with van der Waals surface area (Å²) in [5, 5.41) is 8.82. The Hall–Kier alpha value is -1.76. The van der Waals surface area contributed by atoms with Crippen LogP contribution in [0.4, 0.5) is 4.79 Å². The number of carboxylic acid groups (broad SMARTS) is 1. The summed E-state index contributed by atoms with van der Waals surface area (Å²) in [5.41, 5.74) is 1.14. The molecule has 0 radical (unpaired) electrons. The molecule has 2 aromatic carbocycles. The normalized spacial score (nSPS) is 10.3. The van der Waals surface area contributed by atoms with Gasteiger partial charge >= 0.3 is 6.09 Å². The fourth-order valence-corrected chi connectivity index (χ4v) is 2.56. The molecule has 2 aromatic rings. The van der Waals surface area contributed by atoms with Gasteiger partial charge in [-0.25, -0.2) is 4.79 Å². The number of hydrogen-bond acceptors (Lipinski definition) is 2. The zero-order chi connectivity index (χ0) is 15.9. The molecular formula is C17H18INO3. The molecule has 0 atom stereocenters. The summed E-state index contributed by atoms with van der Waals surface area (Å²) >= 11 is 2.25. The minimum absolute atomic E-state index is 0.525. The third kappa shape index (κ3) is 5.22. The van der Waals surface area contributed by atoms with Gasteiger partial charge in [0.05, 0.1) is 0 Å². The third-order valence-corrected chi connectivity index (χ3v) is 3.89. The molecule has 0 aliphatic carbocycles. The lowest BCUT2D eigenvalue weighted by Crippen LogP contribution is -2.25. The molecule has 2 rings (SSSR count). The van der Waals surface area contributed by atoms with Crippen LogP contribution in [0, 0.1) is 3.57 Å². The molecule has 5 heteroatoms. The van der Waals surface area contributed by atoms with E-state index in [2.05, 4.69) is 22.6 Å². The number of carbonyl (C=O) groups is 1. The summed E-state index contributed by atoms with van der Waals surface area (Å²) in [7, 11) is 1.58. The molecule has 0 aliphatic heterocycles. The molecule has 0 unspecified atom stereocenters. The van der Waals surface area contributed by atoms with Crippen molar-refractivity contribution in [3.8, 4) is 11.5 Å². The van der Waals surface area contributed by atoms with Crippen LogP contribution in [0.3, 0.4) is 0 Å². The number of aryl methyl sites for hydroxylation is 1. The summed E-state index contributed by atoms with van der Waals surface area (Å²) in [6.45, 7) is 0.525. The van der Waals surface area contributed by atoms with E-state index in [0.717, 1.165) is 33.5 Å². The van der Waals surface area contributed by atoms with E-state index < -0.39 is 6.09 Å². The lowest BCUT2D eigenvalue weighted by atomic mass is 10.1. The van der Waals surface area contributed by atoms with Crippen LogP contribution in [-0.2, 0) is 6.42 Å². The van der Waals surface area contributed by atoms with Gasteiger partial charge in [-0.2, -0.15) is 0 Å². The van der Waals surface area contributed by atoms with Crippen LogP contribution in [0.1, 0.15) is 12.0 Å². The van der Waals surface area contributed by atoms with E-state index in [4.69, 9.17) is 9.84 Å². The van der Waals surface area contributed by atoms with Gasteiger partial charge in [0.2, 0.25) is 0 Å². The zero-order valence-corrected chi connectivity index (χ0v) is 14.5. The first-order valence-corrected chi connectivity index (χ1v) is 8.09. The van der Waals surface area contributed by atoms with Gasteiger partial charge in [0.25, 0.3) is 0 Å². The van der Waals surface area contributed by atoms with E-state index in [1.165, 1.54) is 4.90 Å². The van der Waals surface area contributed by atoms with E-state index in [1.54, 1.807) is 7.05 Å². The Bertz CT molecular complexity index is 645. The Morgan fingerprint density at radius 1 is 1.18 bits per heavy atom. The highest BCUT2D eigenvalue weighted by molar-refractivity contribution is 14.1. The van der Waals surface area contributed by atoms with Crippen LogP contribution in [0.2, 0.25) is 0 Å². The van der Waals surface area contributed by atoms with Crippen LogP contribution >= 0.6 is 22.6 Å². The highest BCUT2D eigenvalue weighted by atomic mass is 127. The second kappa shape index (κ2) is 8.03. The largest absolute Gasteiger partial charge is 0.465 e. The van der Waals surface area contributed by atoms with Crippen molar-refractivity contribution in [2.75, 3.05) is 13.6 Å². The molecule has 1 N–H and O–H groups in total. The first kappa shape index (κ1) is 16.6. The standard InChI is InChI=1S/C17H18INO3/c1-19(17(20)21)10-4-6-13-5-2-8-15(11-13)22-16-9-3-7-14(18)12-16/h2-3,5,7-9,11-12H,4,6,10H2,1H3,(H,20,21). The molecule has 22 heavy (non-hydrogen) atoms. The molecule has 1 amide bonds. The van der Waals surface area contributed by atoms with Crippen LogP contribution in [0.25, 0.3) is 0 Å². The topological polar surface area (TPSA) is 49.8 Å². The number of nitrogens with zero attached hydrogens (tertiary/aromatic N) is 1. The maximum atomic E-state index is 10.7. The van der Waals surface area contributed by atoms with E-state index in [9.17, 15) is 4.79 Å². The quantitative estimate of drug-likeness (QED) is 0.706. The number of ether oxygens (including phenoxy) is 1. The van der Waals surface area contributed by atoms with Gasteiger partial charge in [0.15, 0.2) is 0 Å². The SMILES string of the molecule is CN(CCCc1cccc(Oc2cccc(I)c2)c1)C(=O)O. The smallest absolute Gasteiger partial charge is 0.407 e. The minimum atomic E-state index is -0.893. The van der Waals surface area contributed by atoms with Gasteiger partial charge in [-0.3, -0.25) is 0 Å². The zero-order valence-electron chi connectivity index (χ0n) is 12.3. The molecule has 0 spiro atoms. The molecular weight excluding hydrogens is 393 g/mol. The van der Waals surface area contributed by atoms with Gasteiger partial charge in [0.1, 0.15) is 11.5 Å². The summed E-state index contributed by atoms with van der Waals surface area (Å²) in [5.74, 6) is 1.61. The Balaban J connectivity index is 1.94. The lowest BCUT2D eigenvalue weighted by Gasteiger charge is -2.12. The molecule has 0 bridgehead atoms. The fourth-order valence-electron chi connectivity index (χ4n) is 2.05. The maximum absolute atomic E-state index is 10.7. The fraction of sp³-hybridized carbons (Fsp3) is 0.235. The predicted octanol–water partition coefficient (Wildman–Crippen LogP) is 4.63. The van der Waals surface area contributed by atoms with E-state index in [-0.39, 0.29) is 0 Å². The van der Waals surface area contributed by atoms with Gasteiger partial charge in [0, 0.05) is 17.2 Å². The molecule has 0 heterocycles. The summed E-state index contributed by atoms with van der Waals surface area (Å²) < 4.78 is 6.98. The van der Waals surface area contributed by atoms with Crippen molar-refractivity contribution in [3.05, 3.63) is 57.7 Å². The molecule has 0 saturated heterocycles. The van der Waals surface area contributed by atoms with Gasteiger partial charge in [-0.15, -0.1) is 0 Å². The molecule has 0 fully saturated rings. The molecule has 0 aliphatic rings. The average molecular weight is 411 g/mol. The predicted molar refractivity (Wildman–Crippen MR) is 94.7 cm³/mol.